The summed E-state index contributed by atoms with van der Waals surface area (Å²) in [6.07, 6.45) is 2.24. The van der Waals surface area contributed by atoms with E-state index in [1.165, 1.54) is 27.8 Å². The van der Waals surface area contributed by atoms with Crippen molar-refractivity contribution in [2.45, 2.75) is 46.1 Å². The predicted octanol–water partition coefficient (Wildman–Crippen LogP) is 4.15. The molecule has 0 bridgehead atoms. The summed E-state index contributed by atoms with van der Waals surface area (Å²) in [7, 11) is 0. The van der Waals surface area contributed by atoms with Crippen LogP contribution in [0.3, 0.4) is 0 Å². The van der Waals surface area contributed by atoms with Crippen LogP contribution in [-0.4, -0.2) is 11.2 Å². The molecule has 0 amide bonds. The lowest BCUT2D eigenvalue weighted by Crippen LogP contribution is -2.12. The van der Waals surface area contributed by atoms with Crippen LogP contribution in [0.25, 0.3) is 0 Å². The van der Waals surface area contributed by atoms with Crippen LogP contribution in [0.2, 0.25) is 0 Å². The van der Waals surface area contributed by atoms with Crippen molar-refractivity contribution in [3.63, 3.8) is 0 Å². The molecule has 0 fully saturated rings. The molecule has 0 aliphatic carbocycles. The number of hydrogen-bond donors (Lipinski definition) is 1. The summed E-state index contributed by atoms with van der Waals surface area (Å²) in [5.74, 6) is 0. The van der Waals surface area contributed by atoms with Gasteiger partial charge >= 0.3 is 0 Å². The second-order valence-electron chi connectivity index (χ2n) is 5.74. The lowest BCUT2D eigenvalue weighted by atomic mass is 9.97. The first-order valence-corrected chi connectivity index (χ1v) is 7.35. The number of aliphatic hydroxyl groups is 1. The molecule has 0 saturated carbocycles. The average molecular weight is 268 g/mol. The van der Waals surface area contributed by atoms with Crippen LogP contribution in [-0.2, 0) is 12.8 Å². The zero-order valence-electron chi connectivity index (χ0n) is 12.7. The van der Waals surface area contributed by atoms with Gasteiger partial charge in [-0.1, -0.05) is 42.5 Å². The van der Waals surface area contributed by atoms with E-state index in [2.05, 4.69) is 63.2 Å². The molecule has 106 valence electrons. The Morgan fingerprint density at radius 3 is 2.35 bits per heavy atom. The van der Waals surface area contributed by atoms with E-state index in [9.17, 15) is 5.11 Å². The van der Waals surface area contributed by atoms with Crippen LogP contribution in [0.1, 0.15) is 34.2 Å². The van der Waals surface area contributed by atoms with Crippen molar-refractivity contribution in [3.8, 4) is 0 Å². The van der Waals surface area contributed by atoms with Crippen LogP contribution < -0.4 is 0 Å². The van der Waals surface area contributed by atoms with Crippen molar-refractivity contribution < 1.29 is 5.11 Å². The Bertz CT molecular complexity index is 572. The molecular weight excluding hydrogens is 244 g/mol. The fourth-order valence-corrected chi connectivity index (χ4v) is 2.52. The number of aryl methyl sites for hydroxylation is 4. The molecule has 0 radical (unpaired) electrons. The topological polar surface area (TPSA) is 20.2 Å². The summed E-state index contributed by atoms with van der Waals surface area (Å²) < 4.78 is 0. The third-order valence-electron chi connectivity index (χ3n) is 4.05. The van der Waals surface area contributed by atoms with Gasteiger partial charge in [0, 0.05) is 0 Å². The third kappa shape index (κ3) is 3.94. The maximum atomic E-state index is 10.2. The Morgan fingerprint density at radius 2 is 1.65 bits per heavy atom. The van der Waals surface area contributed by atoms with Gasteiger partial charge in [0.25, 0.3) is 0 Å². The Balaban J connectivity index is 1.91. The van der Waals surface area contributed by atoms with Gasteiger partial charge in [-0.05, 0) is 67.9 Å². The first-order chi connectivity index (χ1) is 9.56. The van der Waals surface area contributed by atoms with Gasteiger partial charge < -0.3 is 5.11 Å². The zero-order valence-corrected chi connectivity index (χ0v) is 12.7. The average Bonchev–Trinajstić information content (AvgIpc) is 2.42. The number of rotatable bonds is 5. The molecule has 0 heterocycles. The summed E-state index contributed by atoms with van der Waals surface area (Å²) in [5.41, 5.74) is 6.49. The van der Waals surface area contributed by atoms with Gasteiger partial charge in [-0.3, -0.25) is 0 Å². The van der Waals surface area contributed by atoms with Crippen LogP contribution in [0.15, 0.2) is 42.5 Å². The molecule has 0 aliphatic heterocycles. The minimum Gasteiger partial charge on any atom is -0.393 e. The van der Waals surface area contributed by atoms with E-state index in [1.54, 1.807) is 0 Å². The van der Waals surface area contributed by atoms with Crippen molar-refractivity contribution in [1.82, 2.24) is 0 Å². The van der Waals surface area contributed by atoms with Gasteiger partial charge in [-0.2, -0.15) is 0 Å². The standard InChI is InChI=1S/C19H24O/c1-14-8-9-17(12-16(14)3)13-19(20)11-10-18-7-5-4-6-15(18)2/h4-9,12,19-20H,10-11,13H2,1-3H3. The molecule has 1 N–H and O–H groups in total. The summed E-state index contributed by atoms with van der Waals surface area (Å²) in [6.45, 7) is 6.37. The van der Waals surface area contributed by atoms with Crippen molar-refractivity contribution in [2.75, 3.05) is 0 Å². The smallest absolute Gasteiger partial charge is 0.0583 e. The largest absolute Gasteiger partial charge is 0.393 e. The van der Waals surface area contributed by atoms with E-state index in [1.807, 2.05) is 0 Å². The maximum Gasteiger partial charge on any atom is 0.0583 e. The van der Waals surface area contributed by atoms with Crippen molar-refractivity contribution in [3.05, 3.63) is 70.3 Å². The highest BCUT2D eigenvalue weighted by Crippen LogP contribution is 2.15. The molecule has 0 spiro atoms. The fourth-order valence-electron chi connectivity index (χ4n) is 2.52. The van der Waals surface area contributed by atoms with Crippen molar-refractivity contribution in [2.24, 2.45) is 0 Å². The summed E-state index contributed by atoms with van der Waals surface area (Å²) in [6, 6.07) is 14.9. The Morgan fingerprint density at radius 1 is 0.900 bits per heavy atom. The van der Waals surface area contributed by atoms with Crippen LogP contribution in [0.4, 0.5) is 0 Å². The lowest BCUT2D eigenvalue weighted by Gasteiger charge is -2.13. The van der Waals surface area contributed by atoms with Gasteiger partial charge in [0.2, 0.25) is 0 Å². The summed E-state index contributed by atoms with van der Waals surface area (Å²) in [4.78, 5) is 0. The lowest BCUT2D eigenvalue weighted by molar-refractivity contribution is 0.165. The van der Waals surface area contributed by atoms with Gasteiger partial charge in [-0.15, -0.1) is 0 Å². The van der Waals surface area contributed by atoms with E-state index in [0.717, 1.165) is 19.3 Å². The first-order valence-electron chi connectivity index (χ1n) is 7.35. The Hall–Kier alpha value is -1.60. The molecule has 0 aliphatic rings. The molecule has 2 aromatic carbocycles. The highest BCUT2D eigenvalue weighted by Gasteiger charge is 2.08. The molecule has 1 nitrogen and oxygen atoms in total. The van der Waals surface area contributed by atoms with Crippen molar-refractivity contribution in [1.29, 1.82) is 0 Å². The number of hydrogen-bond acceptors (Lipinski definition) is 1. The van der Waals surface area contributed by atoms with Crippen LogP contribution in [0.5, 0.6) is 0 Å². The Labute approximate surface area is 122 Å². The highest BCUT2D eigenvalue weighted by molar-refractivity contribution is 5.30. The maximum absolute atomic E-state index is 10.2. The quantitative estimate of drug-likeness (QED) is 0.863. The third-order valence-corrected chi connectivity index (χ3v) is 4.05. The zero-order chi connectivity index (χ0) is 14.5. The second-order valence-corrected chi connectivity index (χ2v) is 5.74. The van der Waals surface area contributed by atoms with E-state index >= 15 is 0 Å². The molecule has 2 rings (SSSR count). The Kier molecular flexibility index (Phi) is 4.97. The normalized spacial score (nSPS) is 12.4. The molecule has 0 saturated heterocycles. The summed E-state index contributed by atoms with van der Waals surface area (Å²) >= 11 is 0. The van der Waals surface area contributed by atoms with Gasteiger partial charge in [0.1, 0.15) is 0 Å². The first kappa shape index (κ1) is 14.8. The predicted molar refractivity (Wildman–Crippen MR) is 85.1 cm³/mol. The molecule has 0 aromatic heterocycles. The minimum absolute atomic E-state index is 0.267. The van der Waals surface area contributed by atoms with E-state index in [-0.39, 0.29) is 6.10 Å². The van der Waals surface area contributed by atoms with Gasteiger partial charge in [0.05, 0.1) is 6.10 Å². The van der Waals surface area contributed by atoms with E-state index < -0.39 is 0 Å². The van der Waals surface area contributed by atoms with Gasteiger partial charge in [0.15, 0.2) is 0 Å². The molecule has 1 unspecified atom stereocenters. The molecular formula is C19H24O. The summed E-state index contributed by atoms with van der Waals surface area (Å²) in [5, 5.41) is 10.2. The van der Waals surface area contributed by atoms with Crippen LogP contribution in [0, 0.1) is 20.8 Å². The van der Waals surface area contributed by atoms with E-state index in [0.29, 0.717) is 0 Å². The minimum atomic E-state index is -0.267. The second kappa shape index (κ2) is 6.71. The number of aliphatic hydroxyl groups excluding tert-OH is 1. The van der Waals surface area contributed by atoms with Crippen LogP contribution >= 0.6 is 0 Å². The molecule has 2 aromatic rings. The number of benzene rings is 2. The fraction of sp³-hybridized carbons (Fsp3) is 0.368. The van der Waals surface area contributed by atoms with E-state index in [4.69, 9.17) is 0 Å². The van der Waals surface area contributed by atoms with Gasteiger partial charge in [-0.25, -0.2) is 0 Å². The van der Waals surface area contributed by atoms with Crippen molar-refractivity contribution >= 4 is 0 Å². The molecule has 1 heteroatoms. The highest BCUT2D eigenvalue weighted by atomic mass is 16.3. The molecule has 20 heavy (non-hydrogen) atoms. The monoisotopic (exact) mass is 268 g/mol. The SMILES string of the molecule is Cc1ccc(CC(O)CCc2ccccc2C)cc1C. The molecule has 1 atom stereocenters.